The van der Waals surface area contributed by atoms with Gasteiger partial charge in [-0.2, -0.15) is 0 Å². The Morgan fingerprint density at radius 2 is 1.86 bits per heavy atom. The van der Waals surface area contributed by atoms with Crippen LogP contribution in [0.1, 0.15) is 45.4 Å². The fraction of sp³-hybridized carbons (Fsp3) is 0.667. The summed E-state index contributed by atoms with van der Waals surface area (Å²) in [6, 6.07) is -0.988. The summed E-state index contributed by atoms with van der Waals surface area (Å²) < 4.78 is 0. The summed E-state index contributed by atoms with van der Waals surface area (Å²) in [5.41, 5.74) is 0.401. The Bertz CT molecular complexity index is 425. The molecule has 0 aromatic heterocycles. The number of hydrogen-bond acceptors (Lipinski definition) is 4. The van der Waals surface area contributed by atoms with Gasteiger partial charge in [-0.1, -0.05) is 32.3 Å². The first kappa shape index (κ1) is 17.2. The third kappa shape index (κ3) is 5.21. The zero-order chi connectivity index (χ0) is 15.8. The lowest BCUT2D eigenvalue weighted by molar-refractivity contribution is -0.150. The lowest BCUT2D eigenvalue weighted by Crippen LogP contribution is -2.45. The molecular weight excluding hydrogens is 272 g/mol. The van der Waals surface area contributed by atoms with E-state index in [0.29, 0.717) is 11.6 Å². The minimum atomic E-state index is -1.52. The molecule has 0 radical (unpaired) electrons. The molecule has 6 heteroatoms. The Morgan fingerprint density at radius 1 is 1.24 bits per heavy atom. The van der Waals surface area contributed by atoms with Gasteiger partial charge in [0.05, 0.1) is 11.7 Å². The molecule has 1 fully saturated rings. The first-order valence-corrected chi connectivity index (χ1v) is 7.47. The van der Waals surface area contributed by atoms with E-state index in [1.807, 2.05) is 6.08 Å². The van der Waals surface area contributed by atoms with Gasteiger partial charge in [-0.3, -0.25) is 9.59 Å². The van der Waals surface area contributed by atoms with E-state index >= 15 is 0 Å². The maximum absolute atomic E-state index is 12.2. The Kier molecular flexibility index (Phi) is 6.91. The lowest BCUT2D eigenvalue weighted by atomic mass is 9.88. The summed E-state index contributed by atoms with van der Waals surface area (Å²) in [4.78, 5) is 34.3. The number of carboxylic acids is 1. The van der Waals surface area contributed by atoms with Crippen LogP contribution in [0.25, 0.3) is 0 Å². The summed E-state index contributed by atoms with van der Waals surface area (Å²) in [5.74, 6) is -2.57. The number of carbonyl (C=O) groups is 3. The summed E-state index contributed by atoms with van der Waals surface area (Å²) in [5, 5.41) is 14.0. The minimum absolute atomic E-state index is 0.247. The number of amides is 1. The number of ketones is 1. The lowest BCUT2D eigenvalue weighted by Gasteiger charge is -2.20. The van der Waals surface area contributed by atoms with Gasteiger partial charge in [0, 0.05) is 7.05 Å². The smallest absolute Gasteiger partial charge is 0.374 e. The molecule has 6 nitrogen and oxygen atoms in total. The van der Waals surface area contributed by atoms with E-state index in [1.54, 1.807) is 14.0 Å². The van der Waals surface area contributed by atoms with Gasteiger partial charge >= 0.3 is 5.97 Å². The Hall–Kier alpha value is -1.85. The Balaban J connectivity index is 2.71. The Morgan fingerprint density at radius 3 is 2.33 bits per heavy atom. The third-order valence-corrected chi connectivity index (χ3v) is 3.81. The molecule has 0 aromatic rings. The van der Waals surface area contributed by atoms with Crippen LogP contribution < -0.4 is 10.6 Å². The summed E-state index contributed by atoms with van der Waals surface area (Å²) in [6.07, 6.45) is 7.82. The molecule has 0 aromatic carbocycles. The maximum Gasteiger partial charge on any atom is 0.374 e. The molecule has 118 valence electrons. The molecule has 0 aliphatic heterocycles. The number of allylic oxidation sites excluding steroid dienone is 1. The van der Waals surface area contributed by atoms with E-state index < -0.39 is 23.7 Å². The molecule has 1 unspecified atom stereocenters. The maximum atomic E-state index is 12.2. The number of nitrogens with one attached hydrogen (secondary N) is 2. The van der Waals surface area contributed by atoms with Gasteiger partial charge in [0.2, 0.25) is 0 Å². The first-order valence-electron chi connectivity index (χ1n) is 7.47. The van der Waals surface area contributed by atoms with Crippen molar-refractivity contribution < 1.29 is 19.5 Å². The quantitative estimate of drug-likeness (QED) is 0.485. The van der Waals surface area contributed by atoms with Crippen molar-refractivity contribution >= 4 is 17.7 Å². The van der Waals surface area contributed by atoms with Gasteiger partial charge in [-0.25, -0.2) is 4.79 Å². The molecule has 21 heavy (non-hydrogen) atoms. The molecule has 0 bridgehead atoms. The van der Waals surface area contributed by atoms with Gasteiger partial charge in [0.25, 0.3) is 11.7 Å². The summed E-state index contributed by atoms with van der Waals surface area (Å²) in [6.45, 7) is 1.66. The minimum Gasteiger partial charge on any atom is -0.475 e. The van der Waals surface area contributed by atoms with Crippen LogP contribution in [0, 0.1) is 5.92 Å². The highest BCUT2D eigenvalue weighted by molar-refractivity contribution is 6.35. The predicted molar refractivity (Wildman–Crippen MR) is 78.6 cm³/mol. The van der Waals surface area contributed by atoms with Crippen molar-refractivity contribution in [2.45, 2.75) is 51.5 Å². The fourth-order valence-corrected chi connectivity index (χ4v) is 2.55. The molecule has 3 N–H and O–H groups in total. The van der Waals surface area contributed by atoms with Crippen molar-refractivity contribution in [3.05, 3.63) is 11.8 Å². The number of likely N-dealkylation sites (N-methyl/N-ethyl adjacent to an activating group) is 1. The van der Waals surface area contributed by atoms with E-state index in [4.69, 9.17) is 5.11 Å². The fourth-order valence-electron chi connectivity index (χ4n) is 2.55. The zero-order valence-electron chi connectivity index (χ0n) is 12.6. The van der Waals surface area contributed by atoms with Crippen molar-refractivity contribution in [1.29, 1.82) is 0 Å². The monoisotopic (exact) mass is 296 g/mol. The molecular formula is C15H24N2O4. The first-order chi connectivity index (χ1) is 9.99. The Labute approximate surface area is 125 Å². The van der Waals surface area contributed by atoms with E-state index in [2.05, 4.69) is 10.6 Å². The van der Waals surface area contributed by atoms with Crippen molar-refractivity contribution in [1.82, 2.24) is 10.6 Å². The topological polar surface area (TPSA) is 95.5 Å². The number of Topliss-reactive ketones (excluding diaryl/α,β-unsaturated/α-hetero) is 1. The van der Waals surface area contributed by atoms with Crippen LogP contribution in [-0.2, 0) is 14.4 Å². The molecule has 1 amide bonds. The molecule has 1 aliphatic rings. The van der Waals surface area contributed by atoms with E-state index in [0.717, 1.165) is 25.7 Å². The second-order valence-corrected chi connectivity index (χ2v) is 5.33. The van der Waals surface area contributed by atoms with Gasteiger partial charge in [0.15, 0.2) is 0 Å². The van der Waals surface area contributed by atoms with Gasteiger partial charge in [-0.05, 0) is 25.2 Å². The largest absolute Gasteiger partial charge is 0.475 e. The van der Waals surface area contributed by atoms with Crippen LogP contribution in [0.15, 0.2) is 11.8 Å². The van der Waals surface area contributed by atoms with Crippen molar-refractivity contribution in [2.75, 3.05) is 7.05 Å². The molecule has 1 rings (SSSR count). The van der Waals surface area contributed by atoms with Crippen LogP contribution in [-0.4, -0.2) is 35.9 Å². The zero-order valence-corrected chi connectivity index (χ0v) is 12.6. The van der Waals surface area contributed by atoms with Crippen LogP contribution in [0.4, 0.5) is 0 Å². The number of carboxylic acid groups (broad SMARTS) is 1. The van der Waals surface area contributed by atoms with E-state index in [1.165, 1.54) is 6.42 Å². The normalized spacial score (nSPS) is 17.9. The van der Waals surface area contributed by atoms with E-state index in [-0.39, 0.29) is 6.42 Å². The predicted octanol–water partition coefficient (Wildman–Crippen LogP) is 1.22. The van der Waals surface area contributed by atoms with Crippen LogP contribution in [0.5, 0.6) is 0 Å². The van der Waals surface area contributed by atoms with Crippen LogP contribution >= 0.6 is 0 Å². The molecule has 1 atom stereocenters. The van der Waals surface area contributed by atoms with Crippen molar-refractivity contribution in [3.63, 3.8) is 0 Å². The number of carbonyl (C=O) groups excluding carboxylic acids is 2. The van der Waals surface area contributed by atoms with Crippen LogP contribution in [0.3, 0.4) is 0 Å². The standard InChI is InChI=1S/C15H24N2O4/c1-3-11(13(18)15(20)21)17-14(19)12(16-2)9-10-7-5-4-6-8-10/h9-11,16H,3-8H2,1-2H3,(H,17,19)(H,20,21)/b12-9+. The van der Waals surface area contributed by atoms with Gasteiger partial charge in [-0.15, -0.1) is 0 Å². The van der Waals surface area contributed by atoms with Crippen LogP contribution in [0.2, 0.25) is 0 Å². The average molecular weight is 296 g/mol. The highest BCUT2D eigenvalue weighted by atomic mass is 16.4. The SMILES string of the molecule is CCC(NC(=O)/C(=C\C1CCCCC1)NC)C(=O)C(=O)O. The van der Waals surface area contributed by atoms with Crippen molar-refractivity contribution in [3.8, 4) is 0 Å². The highest BCUT2D eigenvalue weighted by Crippen LogP contribution is 2.25. The number of rotatable bonds is 7. The van der Waals surface area contributed by atoms with Gasteiger partial charge < -0.3 is 15.7 Å². The van der Waals surface area contributed by atoms with Gasteiger partial charge in [0.1, 0.15) is 0 Å². The molecule has 0 saturated heterocycles. The van der Waals surface area contributed by atoms with Crippen molar-refractivity contribution in [2.24, 2.45) is 5.92 Å². The number of hydrogen-bond donors (Lipinski definition) is 3. The average Bonchev–Trinajstić information content (AvgIpc) is 2.50. The number of aliphatic carboxylic acids is 1. The second-order valence-electron chi connectivity index (χ2n) is 5.33. The molecule has 0 heterocycles. The summed E-state index contributed by atoms with van der Waals surface area (Å²) in [7, 11) is 1.65. The van der Waals surface area contributed by atoms with E-state index in [9.17, 15) is 14.4 Å². The summed E-state index contributed by atoms with van der Waals surface area (Å²) >= 11 is 0. The third-order valence-electron chi connectivity index (χ3n) is 3.81. The molecule has 1 saturated carbocycles. The molecule has 1 aliphatic carbocycles. The highest BCUT2D eigenvalue weighted by Gasteiger charge is 2.26. The second kappa shape index (κ2) is 8.44. The molecule has 0 spiro atoms.